The Morgan fingerprint density at radius 1 is 0.958 bits per heavy atom. The maximum absolute atomic E-state index is 13.8. The van der Waals surface area contributed by atoms with Gasteiger partial charge < -0.3 is 10.5 Å². The number of rotatable bonds is 4. The number of anilines is 1. The van der Waals surface area contributed by atoms with Crippen LogP contribution in [0, 0.1) is 0 Å². The van der Waals surface area contributed by atoms with Gasteiger partial charge in [0.15, 0.2) is 11.4 Å². The normalized spacial score (nSPS) is 13.8. The van der Waals surface area contributed by atoms with Crippen molar-refractivity contribution in [2.75, 3.05) is 12.8 Å². The van der Waals surface area contributed by atoms with Gasteiger partial charge in [-0.25, -0.2) is 9.78 Å². The number of carbonyl (C=O) groups excluding carboxylic acids is 1. The molecule has 0 spiro atoms. The van der Waals surface area contributed by atoms with E-state index < -0.39 is 47.2 Å². The first-order valence-corrected chi connectivity index (χ1v) is 5.40. The van der Waals surface area contributed by atoms with Crippen LogP contribution in [0.15, 0.2) is 0 Å². The van der Waals surface area contributed by atoms with E-state index in [1.807, 2.05) is 0 Å². The van der Waals surface area contributed by atoms with E-state index in [9.17, 15) is 44.3 Å². The average molecular weight is 372 g/mol. The summed E-state index contributed by atoms with van der Waals surface area (Å²) in [6, 6.07) is 0. The number of nitrogen functional groups attached to an aromatic ring is 1. The van der Waals surface area contributed by atoms with E-state index >= 15 is 0 Å². The smallest absolute Gasteiger partial charge is 0.460 e. The van der Waals surface area contributed by atoms with Crippen molar-refractivity contribution in [1.82, 2.24) is 15.2 Å². The molecule has 0 fully saturated rings. The lowest BCUT2D eigenvalue weighted by molar-refractivity contribution is -0.400. The standard InChI is InChI=1S/C9H5F9N4O2/c1-24-4(23)2-3(20-5(19)22-21-2)6(10,11)7(12,13)8(14,15)9(16,17)18/h1H3,(H2,19,20,22). The van der Waals surface area contributed by atoms with Crippen LogP contribution in [-0.2, 0) is 10.7 Å². The van der Waals surface area contributed by atoms with E-state index in [0.29, 0.717) is 7.11 Å². The monoisotopic (exact) mass is 372 g/mol. The summed E-state index contributed by atoms with van der Waals surface area (Å²) >= 11 is 0. The fourth-order valence-electron chi connectivity index (χ4n) is 1.32. The minimum absolute atomic E-state index is 0.560. The number of nitrogens with zero attached hydrogens (tertiary/aromatic N) is 3. The molecular formula is C9H5F9N4O2. The van der Waals surface area contributed by atoms with Crippen LogP contribution in [0.1, 0.15) is 16.2 Å². The molecule has 0 aliphatic carbocycles. The Kier molecular flexibility index (Phi) is 4.62. The minimum Gasteiger partial charge on any atom is -0.464 e. The van der Waals surface area contributed by atoms with E-state index in [-0.39, 0.29) is 0 Å². The lowest BCUT2D eigenvalue weighted by Gasteiger charge is -2.33. The Hall–Kier alpha value is -2.35. The zero-order chi connectivity index (χ0) is 19.1. The molecule has 0 bridgehead atoms. The van der Waals surface area contributed by atoms with Gasteiger partial charge in [-0.05, 0) is 0 Å². The van der Waals surface area contributed by atoms with Crippen molar-refractivity contribution in [3.8, 4) is 0 Å². The molecule has 6 nitrogen and oxygen atoms in total. The first-order chi connectivity index (χ1) is 10.6. The molecule has 24 heavy (non-hydrogen) atoms. The summed E-state index contributed by atoms with van der Waals surface area (Å²) in [4.78, 5) is 13.6. The molecule has 0 atom stereocenters. The Bertz CT molecular complexity index is 646. The fraction of sp³-hybridized carbons (Fsp3) is 0.556. The average Bonchev–Trinajstić information content (AvgIpc) is 2.44. The zero-order valence-electron chi connectivity index (χ0n) is 11.1. The molecule has 1 heterocycles. The SMILES string of the molecule is COC(=O)c1nnc(N)nc1C(F)(F)C(F)(F)C(F)(F)C(F)(F)F. The number of alkyl halides is 9. The van der Waals surface area contributed by atoms with Crippen LogP contribution in [0.25, 0.3) is 0 Å². The molecule has 1 aromatic heterocycles. The first-order valence-electron chi connectivity index (χ1n) is 5.40. The summed E-state index contributed by atoms with van der Waals surface area (Å²) in [5.74, 6) is -23.7. The van der Waals surface area contributed by atoms with E-state index in [1.165, 1.54) is 0 Å². The molecule has 0 radical (unpaired) electrons. The van der Waals surface area contributed by atoms with Crippen molar-refractivity contribution in [2.45, 2.75) is 23.9 Å². The van der Waals surface area contributed by atoms with Gasteiger partial charge in [0.1, 0.15) is 0 Å². The third-order valence-corrected chi connectivity index (χ3v) is 2.52. The van der Waals surface area contributed by atoms with Gasteiger partial charge >= 0.3 is 29.9 Å². The summed E-state index contributed by atoms with van der Waals surface area (Å²) in [5, 5.41) is 5.36. The third kappa shape index (κ3) is 2.77. The van der Waals surface area contributed by atoms with Gasteiger partial charge in [-0.3, -0.25) is 0 Å². The zero-order valence-corrected chi connectivity index (χ0v) is 11.1. The maximum atomic E-state index is 13.8. The highest BCUT2D eigenvalue weighted by Crippen LogP contribution is 2.56. The molecular weight excluding hydrogens is 367 g/mol. The lowest BCUT2D eigenvalue weighted by atomic mass is 9.99. The second-order valence-electron chi connectivity index (χ2n) is 4.08. The Morgan fingerprint density at radius 3 is 1.88 bits per heavy atom. The quantitative estimate of drug-likeness (QED) is 0.644. The topological polar surface area (TPSA) is 91.0 Å². The molecule has 0 unspecified atom stereocenters. The molecule has 1 aromatic rings. The van der Waals surface area contributed by atoms with Crippen molar-refractivity contribution >= 4 is 11.9 Å². The van der Waals surface area contributed by atoms with Gasteiger partial charge in [-0.2, -0.15) is 39.5 Å². The van der Waals surface area contributed by atoms with Crippen LogP contribution >= 0.6 is 0 Å². The number of hydrogen-bond donors (Lipinski definition) is 1. The maximum Gasteiger partial charge on any atom is 0.460 e. The number of esters is 1. The van der Waals surface area contributed by atoms with Crippen LogP contribution in [0.4, 0.5) is 45.5 Å². The van der Waals surface area contributed by atoms with Gasteiger partial charge in [0.25, 0.3) is 0 Å². The minimum atomic E-state index is -7.17. The van der Waals surface area contributed by atoms with E-state index in [2.05, 4.69) is 19.9 Å². The highest BCUT2D eigenvalue weighted by atomic mass is 19.4. The highest BCUT2D eigenvalue weighted by molar-refractivity contribution is 5.88. The Morgan fingerprint density at radius 2 is 1.46 bits per heavy atom. The van der Waals surface area contributed by atoms with Gasteiger partial charge in [-0.15, -0.1) is 10.2 Å². The van der Waals surface area contributed by atoms with Crippen LogP contribution in [0.2, 0.25) is 0 Å². The van der Waals surface area contributed by atoms with Crippen LogP contribution in [0.3, 0.4) is 0 Å². The third-order valence-electron chi connectivity index (χ3n) is 2.52. The summed E-state index contributed by atoms with van der Waals surface area (Å²) in [7, 11) is 0.560. The van der Waals surface area contributed by atoms with Crippen molar-refractivity contribution in [3.63, 3.8) is 0 Å². The number of hydrogen-bond acceptors (Lipinski definition) is 6. The fourth-order valence-corrected chi connectivity index (χ4v) is 1.32. The molecule has 0 aliphatic rings. The number of ether oxygens (including phenoxy) is 1. The summed E-state index contributed by atoms with van der Waals surface area (Å²) in [6.45, 7) is 0. The van der Waals surface area contributed by atoms with E-state index in [1.54, 1.807) is 0 Å². The van der Waals surface area contributed by atoms with Gasteiger partial charge in [0, 0.05) is 0 Å². The first kappa shape index (κ1) is 19.7. The molecule has 15 heteroatoms. The molecule has 0 amide bonds. The number of methoxy groups -OCH3 is 1. The van der Waals surface area contributed by atoms with Gasteiger partial charge in [0.2, 0.25) is 5.95 Å². The van der Waals surface area contributed by atoms with Gasteiger partial charge in [-0.1, -0.05) is 0 Å². The highest BCUT2D eigenvalue weighted by Gasteiger charge is 2.83. The van der Waals surface area contributed by atoms with Crippen LogP contribution in [0.5, 0.6) is 0 Å². The lowest BCUT2D eigenvalue weighted by Crippen LogP contribution is -2.60. The number of carbonyl (C=O) groups is 1. The second-order valence-corrected chi connectivity index (χ2v) is 4.08. The largest absolute Gasteiger partial charge is 0.464 e. The second kappa shape index (κ2) is 5.62. The Labute approximate surface area is 125 Å². The predicted octanol–water partition coefficient (Wildman–Crippen LogP) is 2.17. The number of nitrogens with two attached hydrogens (primary N) is 1. The summed E-state index contributed by atoms with van der Waals surface area (Å²) in [5.41, 5.74) is 0.423. The predicted molar refractivity (Wildman–Crippen MR) is 55.4 cm³/mol. The van der Waals surface area contributed by atoms with Crippen molar-refractivity contribution < 1.29 is 49.0 Å². The molecule has 2 N–H and O–H groups in total. The summed E-state index contributed by atoms with van der Waals surface area (Å²) < 4.78 is 120. The van der Waals surface area contributed by atoms with Gasteiger partial charge in [0.05, 0.1) is 7.11 Å². The van der Waals surface area contributed by atoms with Crippen LogP contribution < -0.4 is 5.73 Å². The number of aromatic nitrogens is 3. The molecule has 0 saturated heterocycles. The molecule has 0 saturated carbocycles. The molecule has 0 aliphatic heterocycles. The molecule has 136 valence electrons. The van der Waals surface area contributed by atoms with Crippen LogP contribution in [-0.4, -0.2) is 46.3 Å². The van der Waals surface area contributed by atoms with E-state index in [4.69, 9.17) is 5.73 Å². The summed E-state index contributed by atoms with van der Waals surface area (Å²) in [6.07, 6.45) is -7.03. The molecule has 1 rings (SSSR count). The Balaban J connectivity index is 3.66. The van der Waals surface area contributed by atoms with Crippen molar-refractivity contribution in [3.05, 3.63) is 11.4 Å². The van der Waals surface area contributed by atoms with E-state index in [0.717, 1.165) is 0 Å². The van der Waals surface area contributed by atoms with Crippen molar-refractivity contribution in [2.24, 2.45) is 0 Å². The van der Waals surface area contributed by atoms with Crippen molar-refractivity contribution in [1.29, 1.82) is 0 Å². The molecule has 0 aromatic carbocycles. The number of halogens is 9.